The molecule has 1 unspecified atom stereocenters. The third-order valence-corrected chi connectivity index (χ3v) is 4.29. The number of carbonyl (C=O) groups is 1. The van der Waals surface area contributed by atoms with Crippen molar-refractivity contribution >= 4 is 17.3 Å². The molecule has 0 spiro atoms. The molecule has 0 aromatic heterocycles. The molecule has 0 bridgehead atoms. The van der Waals surface area contributed by atoms with Crippen molar-refractivity contribution in [3.05, 3.63) is 109 Å². The third-order valence-electron chi connectivity index (χ3n) is 4.29. The molecule has 1 atom stereocenters. The number of carbonyl (C=O) groups excluding carboxylic acids is 1. The van der Waals surface area contributed by atoms with Crippen LogP contribution in [0.4, 0.5) is 11.4 Å². The van der Waals surface area contributed by atoms with E-state index in [1.54, 1.807) is 6.92 Å². The smallest absolute Gasteiger partial charge is 0.333 e. The Morgan fingerprint density at radius 3 is 1.74 bits per heavy atom. The molecule has 3 aromatic carbocycles. The van der Waals surface area contributed by atoms with E-state index in [-0.39, 0.29) is 18.6 Å². The van der Waals surface area contributed by atoms with E-state index in [4.69, 9.17) is 4.74 Å². The first-order chi connectivity index (χ1) is 13.2. The van der Waals surface area contributed by atoms with Gasteiger partial charge in [0.25, 0.3) is 0 Å². The average molecular weight is 357 g/mol. The molecule has 0 N–H and O–H groups in total. The summed E-state index contributed by atoms with van der Waals surface area (Å²) < 4.78 is 5.56. The van der Waals surface area contributed by atoms with Crippen molar-refractivity contribution in [3.63, 3.8) is 0 Å². The van der Waals surface area contributed by atoms with Gasteiger partial charge in [0.1, 0.15) is 6.61 Å². The van der Waals surface area contributed by atoms with Gasteiger partial charge in [-0.05, 0) is 36.8 Å². The van der Waals surface area contributed by atoms with Crippen molar-refractivity contribution < 1.29 is 9.53 Å². The van der Waals surface area contributed by atoms with Gasteiger partial charge in [0.05, 0.1) is 6.04 Å². The lowest BCUT2D eigenvalue weighted by molar-refractivity contribution is -0.139. The van der Waals surface area contributed by atoms with Crippen LogP contribution in [-0.2, 0) is 9.53 Å². The number of benzene rings is 3. The van der Waals surface area contributed by atoms with Crippen molar-refractivity contribution in [1.82, 2.24) is 0 Å². The largest absolute Gasteiger partial charge is 0.460 e. The van der Waals surface area contributed by atoms with Gasteiger partial charge in [0.15, 0.2) is 0 Å². The first-order valence-corrected chi connectivity index (χ1v) is 8.93. The summed E-state index contributed by atoms with van der Waals surface area (Å²) in [6.45, 7) is 5.56. The number of nitrogens with zero attached hydrogens (tertiary/aromatic N) is 1. The minimum Gasteiger partial charge on any atom is -0.460 e. The Labute approximate surface area is 160 Å². The third kappa shape index (κ3) is 4.64. The quantitative estimate of drug-likeness (QED) is 0.402. The molecule has 136 valence electrons. The van der Waals surface area contributed by atoms with Crippen LogP contribution in [0, 0.1) is 0 Å². The molecule has 0 saturated heterocycles. The van der Waals surface area contributed by atoms with E-state index >= 15 is 0 Å². The predicted octanol–water partition coefficient (Wildman–Crippen LogP) is 5.69. The molecule has 0 radical (unpaired) electrons. The van der Waals surface area contributed by atoms with Crippen molar-refractivity contribution in [3.8, 4) is 0 Å². The number of hydrogen-bond acceptors (Lipinski definition) is 3. The monoisotopic (exact) mass is 357 g/mol. The van der Waals surface area contributed by atoms with E-state index < -0.39 is 0 Å². The lowest BCUT2D eigenvalue weighted by atomic mass is 10.0. The van der Waals surface area contributed by atoms with Crippen LogP contribution in [-0.4, -0.2) is 12.6 Å². The Kier molecular flexibility index (Phi) is 6.06. The topological polar surface area (TPSA) is 29.5 Å². The maximum Gasteiger partial charge on any atom is 0.333 e. The molecule has 0 aliphatic heterocycles. The van der Waals surface area contributed by atoms with E-state index in [0.29, 0.717) is 5.57 Å². The Morgan fingerprint density at radius 1 is 0.852 bits per heavy atom. The van der Waals surface area contributed by atoms with Gasteiger partial charge in [-0.25, -0.2) is 4.79 Å². The van der Waals surface area contributed by atoms with Gasteiger partial charge in [-0.15, -0.1) is 0 Å². The van der Waals surface area contributed by atoms with Crippen molar-refractivity contribution in [2.75, 3.05) is 11.5 Å². The summed E-state index contributed by atoms with van der Waals surface area (Å²) in [5.74, 6) is -0.378. The Bertz CT molecular complexity index is 837. The second-order valence-corrected chi connectivity index (χ2v) is 6.35. The highest BCUT2D eigenvalue weighted by atomic mass is 16.5. The van der Waals surface area contributed by atoms with Crippen LogP contribution < -0.4 is 4.90 Å². The van der Waals surface area contributed by atoms with Gasteiger partial charge in [-0.1, -0.05) is 73.3 Å². The molecule has 0 heterocycles. The number of rotatable bonds is 7. The molecular formula is C24H23NO2. The predicted molar refractivity (Wildman–Crippen MR) is 110 cm³/mol. The zero-order valence-corrected chi connectivity index (χ0v) is 15.4. The number of para-hydroxylation sites is 2. The summed E-state index contributed by atoms with van der Waals surface area (Å²) in [4.78, 5) is 14.2. The molecule has 0 saturated carbocycles. The highest BCUT2D eigenvalue weighted by molar-refractivity contribution is 5.87. The molecule has 0 amide bonds. The SMILES string of the molecule is C=C(C)C(=O)OCC(c1ccccc1)N(c1ccccc1)c1ccccc1. The van der Waals surface area contributed by atoms with Crippen molar-refractivity contribution in [2.24, 2.45) is 0 Å². The van der Waals surface area contributed by atoms with Gasteiger partial charge in [0, 0.05) is 16.9 Å². The zero-order valence-electron chi connectivity index (χ0n) is 15.4. The maximum absolute atomic E-state index is 12.0. The van der Waals surface area contributed by atoms with Crippen LogP contribution in [0.3, 0.4) is 0 Å². The summed E-state index contributed by atoms with van der Waals surface area (Å²) >= 11 is 0. The second kappa shape index (κ2) is 8.86. The summed E-state index contributed by atoms with van der Waals surface area (Å²) in [6, 6.07) is 30.2. The van der Waals surface area contributed by atoms with Crippen LogP contribution in [0.15, 0.2) is 103 Å². The first kappa shape index (κ1) is 18.5. The minimum absolute atomic E-state index is 0.167. The fraction of sp³-hybridized carbons (Fsp3) is 0.125. The van der Waals surface area contributed by atoms with Crippen molar-refractivity contribution in [2.45, 2.75) is 13.0 Å². The van der Waals surface area contributed by atoms with E-state index in [2.05, 4.69) is 47.9 Å². The molecular weight excluding hydrogens is 334 g/mol. The van der Waals surface area contributed by atoms with Crippen LogP contribution in [0.2, 0.25) is 0 Å². The lowest BCUT2D eigenvalue weighted by Crippen LogP contribution is -2.29. The molecule has 3 aromatic rings. The number of ether oxygens (including phenoxy) is 1. The van der Waals surface area contributed by atoms with E-state index in [9.17, 15) is 4.79 Å². The molecule has 0 fully saturated rings. The van der Waals surface area contributed by atoms with Gasteiger partial charge < -0.3 is 9.64 Å². The normalized spacial score (nSPS) is 11.4. The van der Waals surface area contributed by atoms with Gasteiger partial charge in [-0.2, -0.15) is 0 Å². The van der Waals surface area contributed by atoms with Crippen LogP contribution in [0.1, 0.15) is 18.5 Å². The fourth-order valence-electron chi connectivity index (χ4n) is 2.96. The average Bonchev–Trinajstić information content (AvgIpc) is 2.72. The van der Waals surface area contributed by atoms with Gasteiger partial charge in [0.2, 0.25) is 0 Å². The number of anilines is 2. The summed E-state index contributed by atoms with van der Waals surface area (Å²) in [5.41, 5.74) is 3.53. The molecule has 3 nitrogen and oxygen atoms in total. The Morgan fingerprint density at radius 2 is 1.30 bits per heavy atom. The first-order valence-electron chi connectivity index (χ1n) is 8.93. The second-order valence-electron chi connectivity index (χ2n) is 6.35. The van der Waals surface area contributed by atoms with Crippen LogP contribution in [0.25, 0.3) is 0 Å². The zero-order chi connectivity index (χ0) is 19.1. The Balaban J connectivity index is 2.04. The number of hydrogen-bond donors (Lipinski definition) is 0. The van der Waals surface area contributed by atoms with Crippen LogP contribution >= 0.6 is 0 Å². The highest BCUT2D eigenvalue weighted by Crippen LogP contribution is 2.35. The van der Waals surface area contributed by atoms with Crippen molar-refractivity contribution in [1.29, 1.82) is 0 Å². The number of esters is 1. The molecule has 3 heteroatoms. The van der Waals surface area contributed by atoms with E-state index in [1.807, 2.05) is 54.6 Å². The highest BCUT2D eigenvalue weighted by Gasteiger charge is 2.24. The van der Waals surface area contributed by atoms with Crippen LogP contribution in [0.5, 0.6) is 0 Å². The maximum atomic E-state index is 12.0. The van der Waals surface area contributed by atoms with Gasteiger partial charge >= 0.3 is 5.97 Å². The standard InChI is InChI=1S/C24H23NO2/c1-19(2)24(26)27-18-23(20-12-6-3-7-13-20)25(21-14-8-4-9-15-21)22-16-10-5-11-17-22/h3-17,23H,1,18H2,2H3. The lowest BCUT2D eigenvalue weighted by Gasteiger charge is -2.34. The van der Waals surface area contributed by atoms with E-state index in [1.165, 1.54) is 0 Å². The van der Waals surface area contributed by atoms with Gasteiger partial charge in [-0.3, -0.25) is 0 Å². The summed E-state index contributed by atoms with van der Waals surface area (Å²) in [7, 11) is 0. The molecule has 27 heavy (non-hydrogen) atoms. The van der Waals surface area contributed by atoms with E-state index in [0.717, 1.165) is 16.9 Å². The minimum atomic E-state index is -0.378. The Hall–Kier alpha value is -3.33. The summed E-state index contributed by atoms with van der Waals surface area (Å²) in [5, 5.41) is 0. The molecule has 3 rings (SSSR count). The molecule has 0 aliphatic carbocycles. The summed E-state index contributed by atoms with van der Waals surface area (Å²) in [6.07, 6.45) is 0. The fourth-order valence-corrected chi connectivity index (χ4v) is 2.96. The molecule has 0 aliphatic rings.